The minimum Gasteiger partial charge on any atom is -0.445 e. The van der Waals surface area contributed by atoms with Crippen LogP contribution in [0.15, 0.2) is 84.9 Å². The van der Waals surface area contributed by atoms with E-state index < -0.39 is 21.4 Å². The summed E-state index contributed by atoms with van der Waals surface area (Å²) in [4.78, 5) is 0. The highest BCUT2D eigenvalue weighted by Gasteiger charge is 2.44. The van der Waals surface area contributed by atoms with E-state index in [-0.39, 0.29) is 5.82 Å². The van der Waals surface area contributed by atoms with E-state index in [1.165, 1.54) is 6.07 Å². The van der Waals surface area contributed by atoms with Crippen molar-refractivity contribution in [2.24, 2.45) is 0 Å². The van der Waals surface area contributed by atoms with Crippen LogP contribution in [-0.2, 0) is 13.7 Å². The van der Waals surface area contributed by atoms with Crippen LogP contribution in [0.1, 0.15) is 0 Å². The third kappa shape index (κ3) is 3.54. The molecular formula is C18H14B3FO3. The average molecular weight is 330 g/mol. The van der Waals surface area contributed by atoms with E-state index in [4.69, 9.17) is 13.7 Å². The van der Waals surface area contributed by atoms with E-state index >= 15 is 0 Å². The molecule has 0 bridgehead atoms. The molecule has 0 atom stereocenters. The Balaban J connectivity index is 1.69. The largest absolute Gasteiger partial charge is 0.470 e. The monoisotopic (exact) mass is 330 g/mol. The van der Waals surface area contributed by atoms with Gasteiger partial charge in [-0.2, -0.15) is 0 Å². The van der Waals surface area contributed by atoms with Crippen molar-refractivity contribution in [3.05, 3.63) is 90.7 Å². The molecule has 0 radical (unpaired) electrons. The first-order chi connectivity index (χ1) is 12.3. The Hall–Kier alpha value is -2.34. The molecule has 7 heteroatoms. The maximum Gasteiger partial charge on any atom is 0.470 e. The number of rotatable bonds is 3. The van der Waals surface area contributed by atoms with Gasteiger partial charge in [0.25, 0.3) is 0 Å². The van der Waals surface area contributed by atoms with Crippen LogP contribution in [0.3, 0.4) is 0 Å². The normalized spacial score (nSPS) is 14.7. The molecule has 1 fully saturated rings. The van der Waals surface area contributed by atoms with Crippen molar-refractivity contribution < 1.29 is 18.1 Å². The first-order valence-electron chi connectivity index (χ1n) is 8.12. The quantitative estimate of drug-likeness (QED) is 0.679. The van der Waals surface area contributed by atoms with Gasteiger partial charge in [0, 0.05) is 5.46 Å². The van der Waals surface area contributed by atoms with Crippen molar-refractivity contribution in [1.82, 2.24) is 0 Å². The van der Waals surface area contributed by atoms with Crippen molar-refractivity contribution in [2.75, 3.05) is 0 Å². The van der Waals surface area contributed by atoms with Crippen LogP contribution in [0.2, 0.25) is 0 Å². The summed E-state index contributed by atoms with van der Waals surface area (Å²) >= 11 is 0. The fourth-order valence-electron chi connectivity index (χ4n) is 2.78. The zero-order chi connectivity index (χ0) is 17.1. The summed E-state index contributed by atoms with van der Waals surface area (Å²) in [7, 11) is -2.15. The third-order valence-electron chi connectivity index (χ3n) is 4.04. The number of halogens is 1. The summed E-state index contributed by atoms with van der Waals surface area (Å²) < 4.78 is 32.0. The molecule has 25 heavy (non-hydrogen) atoms. The second-order valence-electron chi connectivity index (χ2n) is 5.75. The molecule has 120 valence electrons. The topological polar surface area (TPSA) is 27.7 Å². The van der Waals surface area contributed by atoms with Crippen molar-refractivity contribution in [2.45, 2.75) is 0 Å². The van der Waals surface area contributed by atoms with Crippen molar-refractivity contribution >= 4 is 37.7 Å². The fourth-order valence-corrected chi connectivity index (χ4v) is 2.78. The molecule has 0 saturated carbocycles. The molecule has 0 amide bonds. The van der Waals surface area contributed by atoms with Gasteiger partial charge in [0.05, 0.1) is 0 Å². The number of hydrogen-bond donors (Lipinski definition) is 0. The van der Waals surface area contributed by atoms with E-state index in [2.05, 4.69) is 0 Å². The van der Waals surface area contributed by atoms with Crippen LogP contribution < -0.4 is 16.4 Å². The molecule has 1 saturated heterocycles. The Morgan fingerprint density at radius 1 is 0.520 bits per heavy atom. The lowest BCUT2D eigenvalue weighted by Crippen LogP contribution is -2.61. The maximum atomic E-state index is 14.2. The summed E-state index contributed by atoms with van der Waals surface area (Å²) in [5.74, 6) is -0.368. The van der Waals surface area contributed by atoms with Crippen molar-refractivity contribution in [3.8, 4) is 0 Å². The predicted octanol–water partition coefficient (Wildman–Crippen LogP) is 1.38. The van der Waals surface area contributed by atoms with Gasteiger partial charge in [0.1, 0.15) is 5.82 Å². The Bertz CT molecular complexity index is 788. The SMILES string of the molecule is Fc1ccccc1B1OB(c2ccccc2)OB(c2ccccc2)O1. The molecule has 0 N–H and O–H groups in total. The number of benzene rings is 3. The highest BCUT2D eigenvalue weighted by Crippen LogP contribution is 2.11. The van der Waals surface area contributed by atoms with Gasteiger partial charge in [0.15, 0.2) is 0 Å². The average Bonchev–Trinajstić information content (AvgIpc) is 2.69. The van der Waals surface area contributed by atoms with Crippen molar-refractivity contribution in [3.63, 3.8) is 0 Å². The second kappa shape index (κ2) is 7.27. The van der Waals surface area contributed by atoms with Gasteiger partial charge in [-0.3, -0.25) is 0 Å². The highest BCUT2D eigenvalue weighted by atomic mass is 19.1. The van der Waals surface area contributed by atoms with E-state index in [9.17, 15) is 4.39 Å². The van der Waals surface area contributed by atoms with Gasteiger partial charge in [-0.15, -0.1) is 0 Å². The third-order valence-corrected chi connectivity index (χ3v) is 4.04. The lowest BCUT2D eigenvalue weighted by molar-refractivity contribution is 0.308. The fraction of sp³-hybridized carbons (Fsp3) is 0. The standard InChI is InChI=1S/C18H14B3FO3/c22-18-14-8-7-13-17(18)21-24-19(15-9-3-1-4-10-15)23-20(25-21)16-11-5-2-6-12-16/h1-14H. The minimum atomic E-state index is -0.856. The molecule has 1 aliphatic rings. The van der Waals surface area contributed by atoms with Crippen LogP contribution in [0.4, 0.5) is 4.39 Å². The summed E-state index contributed by atoms with van der Waals surface area (Å²) in [6.45, 7) is 0. The molecule has 0 aromatic heterocycles. The molecule has 0 unspecified atom stereocenters. The van der Waals surface area contributed by atoms with E-state index in [1.54, 1.807) is 18.2 Å². The molecule has 0 aliphatic carbocycles. The maximum absolute atomic E-state index is 14.2. The molecular weight excluding hydrogens is 316 g/mol. The van der Waals surface area contributed by atoms with E-state index in [0.29, 0.717) is 5.46 Å². The Morgan fingerprint density at radius 2 is 0.960 bits per heavy atom. The van der Waals surface area contributed by atoms with Gasteiger partial charge in [-0.05, 0) is 17.0 Å². The Morgan fingerprint density at radius 3 is 1.48 bits per heavy atom. The zero-order valence-electron chi connectivity index (χ0n) is 13.4. The van der Waals surface area contributed by atoms with E-state index in [0.717, 1.165) is 10.9 Å². The zero-order valence-corrected chi connectivity index (χ0v) is 13.4. The smallest absolute Gasteiger partial charge is 0.445 e. The molecule has 0 spiro atoms. The molecule has 1 heterocycles. The lowest BCUT2D eigenvalue weighted by atomic mass is 9.61. The van der Waals surface area contributed by atoms with Crippen LogP contribution in [0.25, 0.3) is 0 Å². The molecule has 3 aromatic rings. The lowest BCUT2D eigenvalue weighted by Gasteiger charge is -2.31. The minimum absolute atomic E-state index is 0.354. The first-order valence-corrected chi connectivity index (χ1v) is 8.12. The van der Waals surface area contributed by atoms with Crippen molar-refractivity contribution in [1.29, 1.82) is 0 Å². The summed E-state index contributed by atoms with van der Waals surface area (Å²) in [6, 6.07) is 25.6. The summed E-state index contributed by atoms with van der Waals surface area (Å²) in [5.41, 5.74) is 2.06. The van der Waals surface area contributed by atoms with Crippen LogP contribution in [0, 0.1) is 5.82 Å². The van der Waals surface area contributed by atoms with Crippen LogP contribution in [-0.4, -0.2) is 21.4 Å². The molecule has 1 aliphatic heterocycles. The molecule has 4 rings (SSSR count). The highest BCUT2D eigenvalue weighted by molar-refractivity contribution is 6.87. The Kier molecular flexibility index (Phi) is 4.70. The summed E-state index contributed by atoms with van der Waals surface area (Å²) in [6.07, 6.45) is 0. The van der Waals surface area contributed by atoms with Gasteiger partial charge < -0.3 is 13.7 Å². The second-order valence-corrected chi connectivity index (χ2v) is 5.75. The van der Waals surface area contributed by atoms with Gasteiger partial charge in [-0.25, -0.2) is 4.39 Å². The molecule has 3 aromatic carbocycles. The van der Waals surface area contributed by atoms with Gasteiger partial charge in [0.2, 0.25) is 0 Å². The summed E-state index contributed by atoms with van der Waals surface area (Å²) in [5, 5.41) is 0. The van der Waals surface area contributed by atoms with Gasteiger partial charge in [-0.1, -0.05) is 78.9 Å². The van der Waals surface area contributed by atoms with Crippen LogP contribution in [0.5, 0.6) is 0 Å². The van der Waals surface area contributed by atoms with E-state index in [1.807, 2.05) is 60.7 Å². The first kappa shape index (κ1) is 16.2. The Labute approximate surface area is 147 Å². The number of hydrogen-bond acceptors (Lipinski definition) is 3. The predicted molar refractivity (Wildman–Crippen MR) is 98.7 cm³/mol. The molecule has 3 nitrogen and oxygen atoms in total. The van der Waals surface area contributed by atoms with Crippen LogP contribution >= 0.6 is 0 Å². The van der Waals surface area contributed by atoms with Gasteiger partial charge >= 0.3 is 21.4 Å².